The van der Waals surface area contributed by atoms with Gasteiger partial charge in [-0.25, -0.2) is 4.79 Å². The number of carbonyl (C=O) groups excluding carboxylic acids is 2. The second kappa shape index (κ2) is 33.8. The van der Waals surface area contributed by atoms with Crippen LogP contribution in [0.4, 0.5) is 0 Å². The average Bonchev–Trinajstić information content (AvgIpc) is 3.00. The highest BCUT2D eigenvalue weighted by Gasteiger charge is 2.23. The molecule has 0 aromatic rings. The van der Waals surface area contributed by atoms with Crippen LogP contribution in [-0.2, 0) is 19.1 Å². The molecule has 0 saturated carbocycles. The maximum atomic E-state index is 12.6. The monoisotopic (exact) mass is 638 g/mol. The average molecular weight is 638 g/mol. The molecule has 0 unspecified atom stereocenters. The van der Waals surface area contributed by atoms with E-state index in [1.165, 1.54) is 135 Å². The van der Waals surface area contributed by atoms with Crippen LogP contribution in [0.25, 0.3) is 0 Å². The van der Waals surface area contributed by atoms with Crippen LogP contribution in [-0.4, -0.2) is 35.6 Å². The first-order valence-corrected chi connectivity index (χ1v) is 19.5. The fourth-order valence-electron chi connectivity index (χ4n) is 5.96. The van der Waals surface area contributed by atoms with E-state index in [0.29, 0.717) is 13.0 Å². The van der Waals surface area contributed by atoms with Crippen molar-refractivity contribution >= 4 is 17.8 Å². The highest BCUT2D eigenvalue weighted by molar-refractivity contribution is 5.84. The SMILES string of the molecule is CCCCCCCCCCCCCCCCCC(=O)N[C@@H](CCC(=O)O)C(=O)OCCCCCCCCCCCCCC(C)C. The third kappa shape index (κ3) is 33.6. The molecule has 0 aromatic heterocycles. The number of amides is 1. The molecule has 0 bridgehead atoms. The van der Waals surface area contributed by atoms with E-state index >= 15 is 0 Å². The topological polar surface area (TPSA) is 92.7 Å². The van der Waals surface area contributed by atoms with E-state index in [2.05, 4.69) is 26.1 Å². The fourth-order valence-corrected chi connectivity index (χ4v) is 5.96. The number of esters is 1. The summed E-state index contributed by atoms with van der Waals surface area (Å²) in [6.07, 6.45) is 34.3. The number of carbonyl (C=O) groups is 3. The van der Waals surface area contributed by atoms with Gasteiger partial charge in [0.25, 0.3) is 0 Å². The standard InChI is InChI=1S/C39H75NO5/c1-4-5-6-7-8-9-10-11-12-13-16-19-22-25-28-31-37(41)40-36(32-33-38(42)43)39(44)45-34-29-26-23-20-17-14-15-18-21-24-27-30-35(2)3/h35-36H,4-34H2,1-3H3,(H,40,41)(H,42,43)/t36-/m0/s1. The molecule has 6 heteroatoms. The molecule has 45 heavy (non-hydrogen) atoms. The van der Waals surface area contributed by atoms with Crippen molar-refractivity contribution in [1.29, 1.82) is 0 Å². The van der Waals surface area contributed by atoms with Gasteiger partial charge >= 0.3 is 11.9 Å². The van der Waals surface area contributed by atoms with Crippen LogP contribution in [0.15, 0.2) is 0 Å². The quantitative estimate of drug-likeness (QED) is 0.0533. The number of nitrogens with one attached hydrogen (secondary N) is 1. The van der Waals surface area contributed by atoms with Gasteiger partial charge in [-0.1, -0.05) is 181 Å². The summed E-state index contributed by atoms with van der Waals surface area (Å²) >= 11 is 0. The van der Waals surface area contributed by atoms with Gasteiger partial charge in [0.15, 0.2) is 0 Å². The summed E-state index contributed by atoms with van der Waals surface area (Å²) in [6.45, 7) is 7.19. The molecular formula is C39H75NO5. The zero-order chi connectivity index (χ0) is 33.2. The lowest BCUT2D eigenvalue weighted by atomic mass is 10.0. The zero-order valence-corrected chi connectivity index (χ0v) is 30.2. The molecule has 0 aliphatic carbocycles. The molecule has 0 fully saturated rings. The van der Waals surface area contributed by atoms with E-state index in [9.17, 15) is 14.4 Å². The molecule has 1 atom stereocenters. The lowest BCUT2D eigenvalue weighted by Crippen LogP contribution is -2.42. The predicted molar refractivity (Wildman–Crippen MR) is 190 cm³/mol. The third-order valence-corrected chi connectivity index (χ3v) is 8.94. The van der Waals surface area contributed by atoms with Crippen molar-refractivity contribution in [2.24, 2.45) is 5.92 Å². The van der Waals surface area contributed by atoms with E-state index < -0.39 is 18.0 Å². The van der Waals surface area contributed by atoms with Gasteiger partial charge in [0, 0.05) is 12.8 Å². The number of hydrogen-bond donors (Lipinski definition) is 2. The maximum absolute atomic E-state index is 12.6. The Morgan fingerprint density at radius 3 is 1.36 bits per heavy atom. The smallest absolute Gasteiger partial charge is 0.328 e. The number of carboxylic acids is 1. The van der Waals surface area contributed by atoms with Crippen LogP contribution >= 0.6 is 0 Å². The minimum Gasteiger partial charge on any atom is -0.481 e. The van der Waals surface area contributed by atoms with Crippen molar-refractivity contribution in [1.82, 2.24) is 5.32 Å². The molecule has 0 rings (SSSR count). The van der Waals surface area contributed by atoms with E-state index in [0.717, 1.165) is 44.4 Å². The zero-order valence-electron chi connectivity index (χ0n) is 30.2. The maximum Gasteiger partial charge on any atom is 0.328 e. The molecule has 0 saturated heterocycles. The van der Waals surface area contributed by atoms with Crippen molar-refractivity contribution in [2.75, 3.05) is 6.61 Å². The Balaban J connectivity index is 3.83. The largest absolute Gasteiger partial charge is 0.481 e. The summed E-state index contributed by atoms with van der Waals surface area (Å²) in [7, 11) is 0. The normalized spacial score (nSPS) is 12.0. The van der Waals surface area contributed by atoms with Crippen LogP contribution in [0.1, 0.15) is 213 Å². The van der Waals surface area contributed by atoms with Gasteiger partial charge < -0.3 is 15.2 Å². The van der Waals surface area contributed by atoms with Crippen molar-refractivity contribution in [3.8, 4) is 0 Å². The molecule has 0 aromatic carbocycles. The molecule has 0 aliphatic heterocycles. The molecule has 0 aliphatic rings. The first kappa shape index (κ1) is 43.4. The fraction of sp³-hybridized carbons (Fsp3) is 0.923. The molecule has 1 amide bonds. The van der Waals surface area contributed by atoms with Crippen LogP contribution in [0.3, 0.4) is 0 Å². The Morgan fingerprint density at radius 1 is 0.533 bits per heavy atom. The molecule has 0 heterocycles. The third-order valence-electron chi connectivity index (χ3n) is 8.94. The van der Waals surface area contributed by atoms with Crippen molar-refractivity contribution in [3.63, 3.8) is 0 Å². The predicted octanol–water partition coefficient (Wildman–Crippen LogP) is 11.5. The Morgan fingerprint density at radius 2 is 0.933 bits per heavy atom. The molecular weight excluding hydrogens is 562 g/mol. The van der Waals surface area contributed by atoms with E-state index in [1.54, 1.807) is 0 Å². The number of hydrogen-bond acceptors (Lipinski definition) is 4. The second-order valence-electron chi connectivity index (χ2n) is 14.0. The lowest BCUT2D eigenvalue weighted by molar-refractivity contribution is -0.148. The van der Waals surface area contributed by atoms with Crippen LogP contribution in [0.2, 0.25) is 0 Å². The van der Waals surface area contributed by atoms with Crippen molar-refractivity contribution < 1.29 is 24.2 Å². The Kier molecular flexibility index (Phi) is 32.6. The minimum absolute atomic E-state index is 0.0660. The number of carboxylic acid groups (broad SMARTS) is 1. The number of rotatable bonds is 35. The summed E-state index contributed by atoms with van der Waals surface area (Å²) in [4.78, 5) is 36.2. The Labute approximate surface area is 279 Å². The van der Waals surface area contributed by atoms with Crippen LogP contribution in [0, 0.1) is 5.92 Å². The minimum atomic E-state index is -0.976. The Hall–Kier alpha value is -1.59. The molecule has 2 N–H and O–H groups in total. The molecule has 0 radical (unpaired) electrons. The van der Waals surface area contributed by atoms with Crippen molar-refractivity contribution in [2.45, 2.75) is 219 Å². The van der Waals surface area contributed by atoms with Gasteiger partial charge in [0.05, 0.1) is 6.61 Å². The van der Waals surface area contributed by atoms with Gasteiger partial charge in [-0.3, -0.25) is 9.59 Å². The van der Waals surface area contributed by atoms with E-state index in [4.69, 9.17) is 9.84 Å². The lowest BCUT2D eigenvalue weighted by Gasteiger charge is -2.17. The highest BCUT2D eigenvalue weighted by Crippen LogP contribution is 2.15. The second-order valence-corrected chi connectivity index (χ2v) is 14.0. The number of ether oxygens (including phenoxy) is 1. The van der Waals surface area contributed by atoms with Gasteiger partial charge in [0.1, 0.15) is 6.04 Å². The van der Waals surface area contributed by atoms with Gasteiger partial charge in [0.2, 0.25) is 5.91 Å². The Bertz CT molecular complexity index is 680. The molecule has 266 valence electrons. The molecule has 0 spiro atoms. The van der Waals surface area contributed by atoms with E-state index in [1.807, 2.05) is 0 Å². The van der Waals surface area contributed by atoms with Crippen LogP contribution < -0.4 is 5.32 Å². The number of aliphatic carboxylic acids is 1. The summed E-state index contributed by atoms with van der Waals surface area (Å²) in [5.41, 5.74) is 0. The summed E-state index contributed by atoms with van der Waals surface area (Å²) in [6, 6.07) is -0.879. The highest BCUT2D eigenvalue weighted by atomic mass is 16.5. The van der Waals surface area contributed by atoms with Gasteiger partial charge in [-0.2, -0.15) is 0 Å². The van der Waals surface area contributed by atoms with Crippen molar-refractivity contribution in [3.05, 3.63) is 0 Å². The van der Waals surface area contributed by atoms with E-state index in [-0.39, 0.29) is 18.7 Å². The first-order chi connectivity index (χ1) is 21.9. The molecule has 6 nitrogen and oxygen atoms in total. The first-order valence-electron chi connectivity index (χ1n) is 19.5. The van der Waals surface area contributed by atoms with Crippen LogP contribution in [0.5, 0.6) is 0 Å². The van der Waals surface area contributed by atoms with Gasteiger partial charge in [-0.05, 0) is 25.2 Å². The summed E-state index contributed by atoms with van der Waals surface area (Å²) in [5, 5.41) is 11.8. The summed E-state index contributed by atoms with van der Waals surface area (Å²) in [5.74, 6) is -0.844. The van der Waals surface area contributed by atoms with Gasteiger partial charge in [-0.15, -0.1) is 0 Å². The summed E-state index contributed by atoms with van der Waals surface area (Å²) < 4.78 is 5.43. The number of unbranched alkanes of at least 4 members (excludes halogenated alkanes) is 24.